The molecule has 4 fully saturated rings. The number of piperazine rings is 1. The third-order valence-electron chi connectivity index (χ3n) is 11.0. The van der Waals surface area contributed by atoms with Gasteiger partial charge in [0.2, 0.25) is 0 Å². The fourth-order valence-corrected chi connectivity index (χ4v) is 10.3. The van der Waals surface area contributed by atoms with Crippen LogP contribution in [0.1, 0.15) is 37.8 Å². The number of fused-ring (bicyclic) bond motifs is 9. The summed E-state index contributed by atoms with van der Waals surface area (Å²) < 4.78 is 45.6. The minimum Gasteiger partial charge on any atom is -0.489 e. The number of H-pyrrole nitrogens is 1. The van der Waals surface area contributed by atoms with Crippen LogP contribution in [0.4, 0.5) is 14.6 Å². The van der Waals surface area contributed by atoms with E-state index in [1.807, 2.05) is 12.1 Å². The lowest BCUT2D eigenvalue weighted by Crippen LogP contribution is -2.60. The molecule has 0 saturated carbocycles. The van der Waals surface area contributed by atoms with Crippen LogP contribution in [0.3, 0.4) is 0 Å². The molecular formula is C33H29ClF2N8O2S. The van der Waals surface area contributed by atoms with Gasteiger partial charge >= 0.3 is 6.01 Å². The van der Waals surface area contributed by atoms with Gasteiger partial charge < -0.3 is 19.7 Å². The third kappa shape index (κ3) is 3.95. The summed E-state index contributed by atoms with van der Waals surface area (Å²) in [6.07, 6.45) is 3.36. The van der Waals surface area contributed by atoms with E-state index in [9.17, 15) is 9.65 Å². The molecule has 0 radical (unpaired) electrons. The Labute approximate surface area is 276 Å². The van der Waals surface area contributed by atoms with E-state index in [0.717, 1.165) is 36.9 Å². The van der Waals surface area contributed by atoms with Crippen molar-refractivity contribution in [1.29, 1.82) is 5.26 Å². The molecule has 3 aromatic heterocycles. The molecule has 240 valence electrons. The van der Waals surface area contributed by atoms with E-state index in [2.05, 4.69) is 31.4 Å². The highest BCUT2D eigenvalue weighted by molar-refractivity contribution is 7.25. The maximum Gasteiger partial charge on any atom is 0.319 e. The molecule has 5 atom stereocenters. The number of nitrogens with zero attached hydrogens (tertiary/aromatic N) is 6. The van der Waals surface area contributed by atoms with E-state index in [4.69, 9.17) is 31.0 Å². The predicted octanol–water partition coefficient (Wildman–Crippen LogP) is 5.71. The lowest BCUT2D eigenvalue weighted by Gasteiger charge is -2.40. The summed E-state index contributed by atoms with van der Waals surface area (Å²) in [7, 11) is 0. The van der Waals surface area contributed by atoms with Crippen LogP contribution < -0.4 is 19.7 Å². The Hall–Kier alpha value is -3.83. The van der Waals surface area contributed by atoms with Crippen molar-refractivity contribution in [3.8, 4) is 29.0 Å². The normalized spacial score (nSPS) is 28.1. The van der Waals surface area contributed by atoms with Gasteiger partial charge in [-0.25, -0.2) is 8.78 Å². The van der Waals surface area contributed by atoms with Crippen LogP contribution in [0, 0.1) is 17.1 Å². The van der Waals surface area contributed by atoms with Gasteiger partial charge in [0.1, 0.15) is 47.3 Å². The molecule has 10 rings (SSSR count). The first kappa shape index (κ1) is 28.2. The van der Waals surface area contributed by atoms with Crippen LogP contribution in [-0.2, 0) is 0 Å². The number of rotatable bonds is 4. The van der Waals surface area contributed by atoms with Crippen molar-refractivity contribution >= 4 is 60.0 Å². The van der Waals surface area contributed by atoms with E-state index < -0.39 is 17.5 Å². The Kier molecular flexibility index (Phi) is 6.05. The van der Waals surface area contributed by atoms with Crippen LogP contribution in [0.25, 0.3) is 42.3 Å². The van der Waals surface area contributed by atoms with Gasteiger partial charge in [0.25, 0.3) is 0 Å². The quantitative estimate of drug-likeness (QED) is 0.247. The molecule has 47 heavy (non-hydrogen) atoms. The van der Waals surface area contributed by atoms with Crippen LogP contribution in [-0.4, -0.2) is 87.7 Å². The number of ether oxygens (including phenoxy) is 2. The van der Waals surface area contributed by atoms with Gasteiger partial charge in [0.15, 0.2) is 11.6 Å². The number of nitrogens with one attached hydrogen (secondary N) is 2. The molecule has 0 aliphatic carbocycles. The highest BCUT2D eigenvalue weighted by atomic mass is 35.5. The molecule has 8 heterocycles. The fourth-order valence-electron chi connectivity index (χ4n) is 8.93. The van der Waals surface area contributed by atoms with Crippen molar-refractivity contribution < 1.29 is 18.3 Å². The largest absolute Gasteiger partial charge is 0.489 e. The first-order chi connectivity index (χ1) is 22.9. The summed E-state index contributed by atoms with van der Waals surface area (Å²) in [5.74, 6) is 0.251. The van der Waals surface area contributed by atoms with Crippen molar-refractivity contribution in [3.63, 3.8) is 0 Å². The number of hydrogen-bond acceptors (Lipinski definition) is 10. The molecule has 2 aromatic carbocycles. The molecule has 2 bridgehead atoms. The van der Waals surface area contributed by atoms with Crippen molar-refractivity contribution in [2.75, 3.05) is 37.7 Å². The van der Waals surface area contributed by atoms with E-state index >= 15 is 4.39 Å². The summed E-state index contributed by atoms with van der Waals surface area (Å²) in [6.45, 7) is 2.48. The van der Waals surface area contributed by atoms with Gasteiger partial charge in [0.05, 0.1) is 27.4 Å². The monoisotopic (exact) mass is 674 g/mol. The number of anilines is 1. The molecule has 2 N–H and O–H groups in total. The SMILES string of the molecule is N#Cc1[nH]nc2sc3cccc(-c4c(Cl)c5c6c(nc(OC[C@@]78CCCN7C[C@H](F)C8)nc6c4F)N4CC6CCC(N6)C4CO5)c3c12. The number of nitriles is 1. The average Bonchev–Trinajstić information content (AvgIpc) is 3.86. The molecule has 14 heteroatoms. The minimum absolute atomic E-state index is 0.0511. The first-order valence-corrected chi connectivity index (χ1v) is 17.3. The molecule has 10 nitrogen and oxygen atoms in total. The first-order valence-electron chi connectivity index (χ1n) is 16.1. The van der Waals surface area contributed by atoms with Gasteiger partial charge in [-0.2, -0.15) is 20.3 Å². The van der Waals surface area contributed by atoms with Gasteiger partial charge in [-0.1, -0.05) is 23.7 Å². The molecule has 4 saturated heterocycles. The molecule has 5 aliphatic heterocycles. The fraction of sp³-hybridized carbons (Fsp3) is 0.455. The van der Waals surface area contributed by atoms with Crippen molar-refractivity contribution in [1.82, 2.24) is 30.4 Å². The molecule has 0 spiro atoms. The summed E-state index contributed by atoms with van der Waals surface area (Å²) in [4.78, 5) is 14.7. The maximum absolute atomic E-state index is 17.3. The zero-order valence-electron chi connectivity index (χ0n) is 25.2. The minimum atomic E-state index is -0.900. The number of thiophene rings is 1. The molecule has 3 unspecified atom stereocenters. The van der Waals surface area contributed by atoms with Crippen molar-refractivity contribution in [2.45, 2.75) is 61.9 Å². The summed E-state index contributed by atoms with van der Waals surface area (Å²) in [5, 5.41) is 22.5. The maximum atomic E-state index is 17.3. The lowest BCUT2D eigenvalue weighted by molar-refractivity contribution is 0.107. The number of benzene rings is 2. The summed E-state index contributed by atoms with van der Waals surface area (Å²) in [5.41, 5.74) is 0.590. The van der Waals surface area contributed by atoms with E-state index in [-0.39, 0.29) is 46.8 Å². The third-order valence-corrected chi connectivity index (χ3v) is 12.4. The van der Waals surface area contributed by atoms with E-state index in [0.29, 0.717) is 69.9 Å². The van der Waals surface area contributed by atoms with Crippen LogP contribution >= 0.6 is 22.9 Å². The van der Waals surface area contributed by atoms with Gasteiger partial charge in [0, 0.05) is 47.2 Å². The van der Waals surface area contributed by atoms with Gasteiger partial charge in [-0.3, -0.25) is 10.00 Å². The molecular weight excluding hydrogens is 646 g/mol. The molecule has 5 aromatic rings. The Balaban J connectivity index is 1.19. The summed E-state index contributed by atoms with van der Waals surface area (Å²) in [6, 6.07) is 8.21. The van der Waals surface area contributed by atoms with Crippen LogP contribution in [0.15, 0.2) is 18.2 Å². The van der Waals surface area contributed by atoms with Crippen molar-refractivity contribution in [2.24, 2.45) is 0 Å². The van der Waals surface area contributed by atoms with Gasteiger partial charge in [-0.05, 0) is 43.9 Å². The van der Waals surface area contributed by atoms with Crippen molar-refractivity contribution in [3.05, 3.63) is 34.7 Å². The Bertz CT molecular complexity index is 2190. The van der Waals surface area contributed by atoms with Crippen LogP contribution in [0.2, 0.25) is 5.02 Å². The van der Waals surface area contributed by atoms with E-state index in [1.54, 1.807) is 6.07 Å². The Morgan fingerprint density at radius 3 is 3.02 bits per heavy atom. The second-order valence-corrected chi connectivity index (χ2v) is 14.9. The number of hydrogen-bond donors (Lipinski definition) is 2. The number of aromatic amines is 1. The number of alkyl halides is 1. The Morgan fingerprint density at radius 1 is 1.21 bits per heavy atom. The standard InChI is InChI=1S/C33H29ClF2N8O2S/c34-26-23(17-3-1-4-21-22(17)24-19(10-37)41-42-31(24)47-21)27(36)28-25-29(26)45-13-20-18-6-5-16(38-18)12-44(20)30(25)40-32(39-28)46-14-33-7-2-8-43(33)11-15(35)9-33/h1,3-4,15-16,18,20,38H,2,5-9,11-14H2,(H,41,42)/t15-,16?,18?,20?,33+/m1/s1. The number of aromatic nitrogens is 4. The lowest BCUT2D eigenvalue weighted by atomic mass is 9.95. The van der Waals surface area contributed by atoms with Crippen LogP contribution in [0.5, 0.6) is 11.8 Å². The predicted molar refractivity (Wildman–Crippen MR) is 175 cm³/mol. The topological polar surface area (TPSA) is 115 Å². The zero-order valence-corrected chi connectivity index (χ0v) is 26.7. The highest BCUT2D eigenvalue weighted by Gasteiger charge is 2.50. The zero-order chi connectivity index (χ0) is 31.6. The second kappa shape index (κ2) is 10.1. The van der Waals surface area contributed by atoms with E-state index in [1.165, 1.54) is 11.3 Å². The smallest absolute Gasteiger partial charge is 0.319 e. The molecule has 5 aliphatic rings. The summed E-state index contributed by atoms with van der Waals surface area (Å²) >= 11 is 8.61. The average molecular weight is 675 g/mol. The van der Waals surface area contributed by atoms with Gasteiger partial charge in [-0.15, -0.1) is 11.3 Å². The number of halogens is 3. The second-order valence-electron chi connectivity index (χ2n) is 13.5. The highest BCUT2D eigenvalue weighted by Crippen LogP contribution is 2.52. The molecule has 0 amide bonds. The Morgan fingerprint density at radius 2 is 2.13 bits per heavy atom.